The molecule has 1 fully saturated rings. The van der Waals surface area contributed by atoms with Gasteiger partial charge < -0.3 is 14.8 Å². The summed E-state index contributed by atoms with van der Waals surface area (Å²) in [6, 6.07) is 4.64. The molecule has 2 heterocycles. The molecule has 0 unspecified atom stereocenters. The Labute approximate surface area is 197 Å². The highest BCUT2D eigenvalue weighted by Gasteiger charge is 2.22. The fraction of sp³-hybridized carbons (Fsp3) is 0.304. The molecule has 4 rings (SSSR count). The van der Waals surface area contributed by atoms with Crippen molar-refractivity contribution in [1.29, 1.82) is 0 Å². The minimum atomic E-state index is -0.822. The fourth-order valence-electron chi connectivity index (χ4n) is 3.67. The Morgan fingerprint density at radius 1 is 1.31 bits per heavy atom. The third kappa shape index (κ3) is 4.75. The highest BCUT2D eigenvalue weighted by molar-refractivity contribution is 6.42. The second kappa shape index (κ2) is 9.90. The van der Waals surface area contributed by atoms with E-state index in [0.29, 0.717) is 28.2 Å². The summed E-state index contributed by atoms with van der Waals surface area (Å²) < 4.78 is 34.6. The summed E-state index contributed by atoms with van der Waals surface area (Å²) in [5.41, 5.74) is 0.446. The van der Waals surface area contributed by atoms with Crippen molar-refractivity contribution in [2.24, 2.45) is 0 Å². The second-order valence-electron chi connectivity index (χ2n) is 7.41. The van der Waals surface area contributed by atoms with Crippen molar-refractivity contribution in [3.05, 3.63) is 59.1 Å². The molecule has 2 aromatic carbocycles. The monoisotopic (exact) mass is 477 g/mol. The maximum Gasteiger partial charge on any atom is 0.166 e. The van der Waals surface area contributed by atoms with Crippen molar-refractivity contribution in [2.75, 3.05) is 32.1 Å². The van der Waals surface area contributed by atoms with Crippen LogP contribution in [0.3, 0.4) is 0 Å². The molecule has 3 aromatic rings. The summed E-state index contributed by atoms with van der Waals surface area (Å²) in [7, 11) is 1.57. The summed E-state index contributed by atoms with van der Waals surface area (Å²) in [5, 5.41) is 3.16. The quantitative estimate of drug-likeness (QED) is 0.339. The first-order chi connectivity index (χ1) is 15.9. The lowest BCUT2D eigenvalue weighted by Crippen LogP contribution is -2.38. The number of aromatic nitrogens is 2. The number of methoxy groups -OCH3 is 1. The number of piperidine rings is 1. The number of nitrogens with one attached hydrogen (secondary N) is 1. The average molecular weight is 478 g/mol. The molecule has 1 aliphatic rings. The Bertz CT molecular complexity index is 1190. The van der Waals surface area contributed by atoms with Crippen LogP contribution in [0.4, 0.5) is 15.9 Å². The van der Waals surface area contributed by atoms with E-state index in [1.165, 1.54) is 12.4 Å². The minimum absolute atomic E-state index is 0.0307. The van der Waals surface area contributed by atoms with E-state index in [0.717, 1.165) is 32.5 Å². The van der Waals surface area contributed by atoms with Crippen molar-refractivity contribution in [2.45, 2.75) is 18.9 Å². The summed E-state index contributed by atoms with van der Waals surface area (Å²) >= 11 is 11.8. The van der Waals surface area contributed by atoms with Crippen LogP contribution in [0.25, 0.3) is 10.9 Å². The van der Waals surface area contributed by atoms with Gasteiger partial charge in [0.05, 0.1) is 29.7 Å². The SMILES string of the molecule is [2H]c1cc(Cl)c(Cl)c(F)c1Nc1ncnc2cc(OC)c(OC3CCN(CC=C)CC3)cc12. The number of likely N-dealkylation sites (tertiary alicyclic amines) is 1. The zero-order valence-electron chi connectivity index (χ0n) is 18.5. The third-order valence-electron chi connectivity index (χ3n) is 5.34. The molecular formula is C23H23Cl2FN4O2. The van der Waals surface area contributed by atoms with Gasteiger partial charge in [-0.1, -0.05) is 29.3 Å². The number of halogens is 3. The summed E-state index contributed by atoms with van der Waals surface area (Å²) in [6.45, 7) is 6.50. The molecule has 0 aliphatic carbocycles. The molecule has 0 spiro atoms. The van der Waals surface area contributed by atoms with Gasteiger partial charge in [-0.05, 0) is 31.0 Å². The third-order valence-corrected chi connectivity index (χ3v) is 6.11. The molecule has 9 heteroatoms. The predicted molar refractivity (Wildman–Crippen MR) is 126 cm³/mol. The van der Waals surface area contributed by atoms with Gasteiger partial charge in [0.25, 0.3) is 0 Å². The molecule has 6 nitrogen and oxygen atoms in total. The first-order valence-electron chi connectivity index (χ1n) is 10.6. The van der Waals surface area contributed by atoms with Crippen LogP contribution in [-0.4, -0.2) is 47.7 Å². The van der Waals surface area contributed by atoms with E-state index in [-0.39, 0.29) is 27.9 Å². The molecule has 0 bridgehead atoms. The molecule has 0 radical (unpaired) electrons. The van der Waals surface area contributed by atoms with Crippen LogP contribution >= 0.6 is 23.2 Å². The fourth-order valence-corrected chi connectivity index (χ4v) is 3.96. The number of hydrogen-bond donors (Lipinski definition) is 1. The maximum atomic E-state index is 14.7. The van der Waals surface area contributed by atoms with Crippen LogP contribution in [0.5, 0.6) is 11.5 Å². The van der Waals surface area contributed by atoms with Crippen molar-refractivity contribution in [1.82, 2.24) is 14.9 Å². The van der Waals surface area contributed by atoms with Crippen molar-refractivity contribution in [3.63, 3.8) is 0 Å². The van der Waals surface area contributed by atoms with Gasteiger partial charge in [-0.25, -0.2) is 14.4 Å². The van der Waals surface area contributed by atoms with Gasteiger partial charge in [-0.3, -0.25) is 4.90 Å². The van der Waals surface area contributed by atoms with E-state index in [4.69, 9.17) is 34.0 Å². The zero-order valence-corrected chi connectivity index (χ0v) is 19.0. The molecule has 1 aliphatic heterocycles. The molecule has 32 heavy (non-hydrogen) atoms. The number of hydrogen-bond acceptors (Lipinski definition) is 6. The van der Waals surface area contributed by atoms with E-state index in [1.54, 1.807) is 19.2 Å². The topological polar surface area (TPSA) is 59.5 Å². The number of nitrogens with zero attached hydrogens (tertiary/aromatic N) is 3. The van der Waals surface area contributed by atoms with Crippen LogP contribution in [0, 0.1) is 5.82 Å². The van der Waals surface area contributed by atoms with E-state index >= 15 is 0 Å². The van der Waals surface area contributed by atoms with Gasteiger partial charge in [0, 0.05) is 31.1 Å². The second-order valence-corrected chi connectivity index (χ2v) is 8.20. The van der Waals surface area contributed by atoms with Gasteiger partial charge in [0.1, 0.15) is 18.2 Å². The smallest absolute Gasteiger partial charge is 0.166 e. The van der Waals surface area contributed by atoms with Crippen LogP contribution in [-0.2, 0) is 0 Å². The van der Waals surface area contributed by atoms with E-state index in [2.05, 4.69) is 26.8 Å². The van der Waals surface area contributed by atoms with Crippen LogP contribution in [0.2, 0.25) is 10.0 Å². The van der Waals surface area contributed by atoms with Crippen molar-refractivity contribution in [3.8, 4) is 11.5 Å². The Morgan fingerprint density at radius 2 is 2.09 bits per heavy atom. The van der Waals surface area contributed by atoms with Crippen molar-refractivity contribution >= 4 is 45.6 Å². The van der Waals surface area contributed by atoms with Gasteiger partial charge >= 0.3 is 0 Å². The highest BCUT2D eigenvalue weighted by atomic mass is 35.5. The Morgan fingerprint density at radius 3 is 2.81 bits per heavy atom. The lowest BCUT2D eigenvalue weighted by atomic mass is 10.1. The molecule has 0 amide bonds. The molecule has 168 valence electrons. The Kier molecular flexibility index (Phi) is 6.57. The number of anilines is 2. The number of fused-ring (bicyclic) bond motifs is 1. The minimum Gasteiger partial charge on any atom is -0.493 e. The van der Waals surface area contributed by atoms with Gasteiger partial charge in [0.2, 0.25) is 0 Å². The number of rotatable bonds is 7. The molecule has 0 saturated carbocycles. The molecular weight excluding hydrogens is 454 g/mol. The Balaban J connectivity index is 1.66. The van der Waals surface area contributed by atoms with Gasteiger partial charge in [-0.15, -0.1) is 6.58 Å². The summed E-state index contributed by atoms with van der Waals surface area (Å²) in [5.74, 6) is 0.574. The standard InChI is InChI=1S/C23H23Cl2FN4O2/c1-3-8-30-9-6-14(7-10-30)32-20-11-15-18(12-19(20)31-2)27-13-28-23(15)29-17-5-4-16(24)21(25)22(17)26/h3-5,11-14H,1,6-10H2,2H3,(H,27,28,29)/i5D. The molecule has 1 aromatic heterocycles. The first kappa shape index (κ1) is 21.2. The molecule has 1 saturated heterocycles. The predicted octanol–water partition coefficient (Wildman–Crippen LogP) is 5.86. The number of ether oxygens (including phenoxy) is 2. The lowest BCUT2D eigenvalue weighted by molar-refractivity contribution is 0.104. The Hall–Kier alpha value is -2.61. The first-order valence-corrected chi connectivity index (χ1v) is 10.9. The summed E-state index contributed by atoms with van der Waals surface area (Å²) in [6.07, 6.45) is 5.04. The van der Waals surface area contributed by atoms with E-state index in [9.17, 15) is 4.39 Å². The number of benzene rings is 2. The largest absolute Gasteiger partial charge is 0.493 e. The van der Waals surface area contributed by atoms with E-state index in [1.807, 2.05) is 6.08 Å². The van der Waals surface area contributed by atoms with Crippen LogP contribution in [0.15, 0.2) is 43.2 Å². The van der Waals surface area contributed by atoms with Crippen molar-refractivity contribution < 1.29 is 15.2 Å². The van der Waals surface area contributed by atoms with Gasteiger partial charge in [-0.2, -0.15) is 0 Å². The molecule has 0 atom stereocenters. The maximum absolute atomic E-state index is 14.7. The van der Waals surface area contributed by atoms with Gasteiger partial charge in [0.15, 0.2) is 17.3 Å². The van der Waals surface area contributed by atoms with E-state index < -0.39 is 5.82 Å². The van der Waals surface area contributed by atoms with Crippen LogP contribution in [0.1, 0.15) is 14.2 Å². The average Bonchev–Trinajstić information content (AvgIpc) is 2.81. The normalized spacial score (nSPS) is 15.4. The summed E-state index contributed by atoms with van der Waals surface area (Å²) in [4.78, 5) is 10.9. The van der Waals surface area contributed by atoms with Crippen LogP contribution < -0.4 is 14.8 Å². The lowest BCUT2D eigenvalue weighted by Gasteiger charge is -2.31. The highest BCUT2D eigenvalue weighted by Crippen LogP contribution is 2.37. The molecule has 1 N–H and O–H groups in total. The zero-order chi connectivity index (χ0) is 23.5.